The van der Waals surface area contributed by atoms with Gasteiger partial charge in [0.25, 0.3) is 0 Å². The number of hydrogen-bond acceptors (Lipinski definition) is 2. The van der Waals surface area contributed by atoms with E-state index >= 15 is 0 Å². The van der Waals surface area contributed by atoms with E-state index in [1.54, 1.807) is 6.92 Å². The van der Waals surface area contributed by atoms with E-state index in [2.05, 4.69) is 5.32 Å². The number of benzene rings is 1. The first-order valence-electron chi connectivity index (χ1n) is 6.29. The van der Waals surface area contributed by atoms with E-state index in [1.807, 2.05) is 24.3 Å². The smallest absolute Gasteiger partial charge is 0.223 e. The molecule has 0 heterocycles. The van der Waals surface area contributed by atoms with Gasteiger partial charge in [-0.1, -0.05) is 23.7 Å². The average molecular weight is 268 g/mol. The van der Waals surface area contributed by atoms with Crippen LogP contribution in [0.15, 0.2) is 24.3 Å². The van der Waals surface area contributed by atoms with Crippen molar-refractivity contribution in [1.29, 1.82) is 0 Å². The third-order valence-corrected chi connectivity index (χ3v) is 3.54. The summed E-state index contributed by atoms with van der Waals surface area (Å²) in [7, 11) is 0. The van der Waals surface area contributed by atoms with Crippen molar-refractivity contribution in [3.63, 3.8) is 0 Å². The van der Waals surface area contributed by atoms with E-state index in [-0.39, 0.29) is 17.9 Å². The Labute approximate surface area is 112 Å². The second-order valence-corrected chi connectivity index (χ2v) is 5.37. The number of halogens is 1. The Hall–Kier alpha value is -1.06. The van der Waals surface area contributed by atoms with Crippen LogP contribution in [0.3, 0.4) is 0 Å². The maximum atomic E-state index is 11.8. The molecule has 0 aliphatic heterocycles. The van der Waals surface area contributed by atoms with Crippen LogP contribution in [-0.4, -0.2) is 23.7 Å². The number of nitrogens with one attached hydrogen (secondary N) is 1. The van der Waals surface area contributed by atoms with E-state index in [9.17, 15) is 4.79 Å². The molecule has 1 aliphatic rings. The molecule has 3 unspecified atom stereocenters. The van der Waals surface area contributed by atoms with E-state index in [1.165, 1.54) is 5.56 Å². The predicted octanol–water partition coefficient (Wildman–Crippen LogP) is 2.33. The van der Waals surface area contributed by atoms with Gasteiger partial charge in [0, 0.05) is 17.5 Å². The van der Waals surface area contributed by atoms with Crippen LogP contribution in [0.25, 0.3) is 0 Å². The highest BCUT2D eigenvalue weighted by Crippen LogP contribution is 2.47. The second kappa shape index (κ2) is 5.72. The Morgan fingerprint density at radius 2 is 2.17 bits per heavy atom. The summed E-state index contributed by atoms with van der Waals surface area (Å²) < 4.78 is 0. The van der Waals surface area contributed by atoms with E-state index in [0.717, 1.165) is 11.4 Å². The van der Waals surface area contributed by atoms with Crippen LogP contribution in [0.4, 0.5) is 0 Å². The molecule has 1 amide bonds. The second-order valence-electron chi connectivity index (χ2n) is 4.93. The first-order chi connectivity index (χ1) is 8.58. The van der Waals surface area contributed by atoms with Crippen molar-refractivity contribution in [2.75, 3.05) is 6.54 Å². The standard InChI is InChI=1S/C14H18ClNO2/c1-9(17)6-7-16-14(18)13-8-12(13)10-2-4-11(15)5-3-10/h2-5,9,12-13,17H,6-8H2,1H3,(H,16,18). The van der Waals surface area contributed by atoms with Crippen LogP contribution in [0.5, 0.6) is 0 Å². The van der Waals surface area contributed by atoms with Crippen molar-refractivity contribution in [2.24, 2.45) is 5.92 Å². The fraction of sp³-hybridized carbons (Fsp3) is 0.500. The summed E-state index contributed by atoms with van der Waals surface area (Å²) in [6.07, 6.45) is 1.14. The fourth-order valence-corrected chi connectivity index (χ4v) is 2.22. The van der Waals surface area contributed by atoms with Crippen LogP contribution < -0.4 is 5.32 Å². The molecular formula is C14H18ClNO2. The van der Waals surface area contributed by atoms with Crippen LogP contribution in [0.2, 0.25) is 5.02 Å². The lowest BCUT2D eigenvalue weighted by atomic mass is 10.1. The highest BCUT2D eigenvalue weighted by molar-refractivity contribution is 6.30. The molecule has 2 N–H and O–H groups in total. The zero-order chi connectivity index (χ0) is 13.1. The first kappa shape index (κ1) is 13.4. The van der Waals surface area contributed by atoms with Gasteiger partial charge >= 0.3 is 0 Å². The van der Waals surface area contributed by atoms with Gasteiger partial charge in [-0.25, -0.2) is 0 Å². The van der Waals surface area contributed by atoms with Crippen LogP contribution >= 0.6 is 11.6 Å². The minimum Gasteiger partial charge on any atom is -0.393 e. The van der Waals surface area contributed by atoms with Gasteiger partial charge in [0.15, 0.2) is 0 Å². The van der Waals surface area contributed by atoms with Crippen molar-refractivity contribution in [2.45, 2.75) is 31.8 Å². The normalized spacial score (nSPS) is 23.5. The van der Waals surface area contributed by atoms with E-state index in [0.29, 0.717) is 18.9 Å². The molecule has 0 spiro atoms. The summed E-state index contributed by atoms with van der Waals surface area (Å²) in [6, 6.07) is 7.68. The van der Waals surface area contributed by atoms with Crippen molar-refractivity contribution >= 4 is 17.5 Å². The van der Waals surface area contributed by atoms with Gasteiger partial charge in [0.2, 0.25) is 5.91 Å². The molecule has 2 rings (SSSR count). The molecule has 0 saturated heterocycles. The largest absolute Gasteiger partial charge is 0.393 e. The third-order valence-electron chi connectivity index (χ3n) is 3.29. The van der Waals surface area contributed by atoms with Gasteiger partial charge in [0.1, 0.15) is 0 Å². The topological polar surface area (TPSA) is 49.3 Å². The Kier molecular flexibility index (Phi) is 4.25. The fourth-order valence-electron chi connectivity index (χ4n) is 2.10. The van der Waals surface area contributed by atoms with Gasteiger partial charge in [-0.2, -0.15) is 0 Å². The number of amides is 1. The maximum Gasteiger partial charge on any atom is 0.223 e. The minimum absolute atomic E-state index is 0.0835. The van der Waals surface area contributed by atoms with Gasteiger partial charge < -0.3 is 10.4 Å². The molecule has 0 radical (unpaired) electrons. The maximum absolute atomic E-state index is 11.8. The van der Waals surface area contributed by atoms with Gasteiger partial charge in [-0.05, 0) is 43.4 Å². The summed E-state index contributed by atoms with van der Waals surface area (Å²) in [6.45, 7) is 2.26. The Bertz CT molecular complexity index is 416. The summed E-state index contributed by atoms with van der Waals surface area (Å²) in [5.41, 5.74) is 1.18. The molecule has 18 heavy (non-hydrogen) atoms. The first-order valence-corrected chi connectivity index (χ1v) is 6.67. The number of aliphatic hydroxyl groups is 1. The SMILES string of the molecule is CC(O)CCNC(=O)C1CC1c1ccc(Cl)cc1. The molecule has 1 aromatic carbocycles. The molecule has 1 aliphatic carbocycles. The molecule has 1 fully saturated rings. The van der Waals surface area contributed by atoms with Gasteiger partial charge in [-0.3, -0.25) is 4.79 Å². The predicted molar refractivity (Wildman–Crippen MR) is 71.6 cm³/mol. The number of hydrogen-bond donors (Lipinski definition) is 2. The molecule has 3 nitrogen and oxygen atoms in total. The quantitative estimate of drug-likeness (QED) is 0.860. The molecule has 0 aromatic heterocycles. The minimum atomic E-state index is -0.364. The summed E-state index contributed by atoms with van der Waals surface area (Å²) in [5.74, 6) is 0.504. The van der Waals surface area contributed by atoms with Crippen LogP contribution in [0, 0.1) is 5.92 Å². The Morgan fingerprint density at radius 3 is 2.78 bits per heavy atom. The molecule has 1 aromatic rings. The highest BCUT2D eigenvalue weighted by atomic mass is 35.5. The lowest BCUT2D eigenvalue weighted by molar-refractivity contribution is -0.122. The van der Waals surface area contributed by atoms with E-state index < -0.39 is 0 Å². The molecular weight excluding hydrogens is 250 g/mol. The third kappa shape index (κ3) is 3.47. The summed E-state index contributed by atoms with van der Waals surface area (Å²) in [4.78, 5) is 11.8. The van der Waals surface area contributed by atoms with Gasteiger partial charge in [0.05, 0.1) is 6.10 Å². The molecule has 4 heteroatoms. The zero-order valence-electron chi connectivity index (χ0n) is 10.4. The highest BCUT2D eigenvalue weighted by Gasteiger charge is 2.43. The Morgan fingerprint density at radius 1 is 1.50 bits per heavy atom. The van der Waals surface area contributed by atoms with E-state index in [4.69, 9.17) is 16.7 Å². The van der Waals surface area contributed by atoms with Crippen molar-refractivity contribution in [3.05, 3.63) is 34.9 Å². The van der Waals surface area contributed by atoms with Crippen molar-refractivity contribution in [3.8, 4) is 0 Å². The monoisotopic (exact) mass is 267 g/mol. The zero-order valence-corrected chi connectivity index (χ0v) is 11.2. The summed E-state index contributed by atoms with van der Waals surface area (Å²) in [5, 5.41) is 12.7. The molecule has 3 atom stereocenters. The van der Waals surface area contributed by atoms with Gasteiger partial charge in [-0.15, -0.1) is 0 Å². The van der Waals surface area contributed by atoms with Crippen LogP contribution in [-0.2, 0) is 4.79 Å². The lowest BCUT2D eigenvalue weighted by Gasteiger charge is -2.06. The Balaban J connectivity index is 1.80. The van der Waals surface area contributed by atoms with Crippen molar-refractivity contribution < 1.29 is 9.90 Å². The van der Waals surface area contributed by atoms with Crippen molar-refractivity contribution in [1.82, 2.24) is 5.32 Å². The lowest BCUT2D eigenvalue weighted by Crippen LogP contribution is -2.28. The number of carbonyl (C=O) groups excluding carboxylic acids is 1. The number of rotatable bonds is 5. The molecule has 1 saturated carbocycles. The molecule has 98 valence electrons. The molecule has 0 bridgehead atoms. The average Bonchev–Trinajstić information content (AvgIpc) is 3.09. The summed E-state index contributed by atoms with van der Waals surface area (Å²) >= 11 is 5.83. The van der Waals surface area contributed by atoms with Crippen LogP contribution in [0.1, 0.15) is 31.2 Å². The number of aliphatic hydroxyl groups excluding tert-OH is 1. The number of carbonyl (C=O) groups is 1.